The third-order valence-corrected chi connectivity index (χ3v) is 3.36. The molecule has 0 atom stereocenters. The van der Waals surface area contributed by atoms with Gasteiger partial charge in [0.05, 0.1) is 0 Å². The van der Waals surface area contributed by atoms with E-state index in [1.807, 2.05) is 0 Å². The van der Waals surface area contributed by atoms with Crippen LogP contribution in [0.25, 0.3) is 0 Å². The Morgan fingerprint density at radius 3 is 2.46 bits per heavy atom. The highest BCUT2D eigenvalue weighted by Crippen LogP contribution is 2.48. The molecule has 2 N–H and O–H groups in total. The Labute approximate surface area is 78.6 Å². The Balaban J connectivity index is 1.95. The summed E-state index contributed by atoms with van der Waals surface area (Å²) in [4.78, 5) is 12.0. The maximum Gasteiger partial charge on any atom is 0.143 e. The first kappa shape index (κ1) is 9.16. The predicted octanol–water partition coefficient (Wildman–Crippen LogP) is 0.721. The number of nitrogens with two attached hydrogens (primary N) is 1. The van der Waals surface area contributed by atoms with Crippen LogP contribution in [0.4, 0.5) is 0 Å². The first-order valence-corrected chi connectivity index (χ1v) is 5.11. The summed E-state index contributed by atoms with van der Waals surface area (Å²) in [7, 11) is 0. The maximum atomic E-state index is 12.0. The van der Waals surface area contributed by atoms with Gasteiger partial charge in [0, 0.05) is 31.1 Å². The van der Waals surface area contributed by atoms with Crippen LogP contribution in [0.15, 0.2) is 0 Å². The molecule has 0 amide bonds. The highest BCUT2D eigenvalue weighted by molar-refractivity contribution is 5.89. The second-order valence-electron chi connectivity index (χ2n) is 4.24. The summed E-state index contributed by atoms with van der Waals surface area (Å²) in [5.41, 5.74) is 5.52. The SMILES string of the molecule is NCC1(C(=O)C2CCOCC2)CC1. The summed E-state index contributed by atoms with van der Waals surface area (Å²) in [6.07, 6.45) is 3.83. The molecule has 2 fully saturated rings. The Morgan fingerprint density at radius 2 is 2.00 bits per heavy atom. The topological polar surface area (TPSA) is 52.3 Å². The van der Waals surface area contributed by atoms with Crippen LogP contribution in [0.2, 0.25) is 0 Å². The van der Waals surface area contributed by atoms with Gasteiger partial charge in [-0.05, 0) is 25.7 Å². The molecule has 3 heteroatoms. The molecule has 0 radical (unpaired) electrons. The van der Waals surface area contributed by atoms with Gasteiger partial charge in [0.2, 0.25) is 0 Å². The summed E-state index contributed by atoms with van der Waals surface area (Å²) in [6.45, 7) is 2.04. The minimum Gasteiger partial charge on any atom is -0.381 e. The third kappa shape index (κ3) is 1.63. The number of hydrogen-bond donors (Lipinski definition) is 1. The Morgan fingerprint density at radius 1 is 1.38 bits per heavy atom. The molecule has 1 aliphatic heterocycles. The van der Waals surface area contributed by atoms with Crippen molar-refractivity contribution in [2.24, 2.45) is 17.1 Å². The number of carbonyl (C=O) groups excluding carboxylic acids is 1. The molecule has 1 aliphatic carbocycles. The van der Waals surface area contributed by atoms with Crippen LogP contribution in [-0.2, 0) is 9.53 Å². The lowest BCUT2D eigenvalue weighted by molar-refractivity contribution is -0.130. The molecule has 0 spiro atoms. The Bertz CT molecular complexity index is 205. The second-order valence-corrected chi connectivity index (χ2v) is 4.24. The molecular weight excluding hydrogens is 166 g/mol. The van der Waals surface area contributed by atoms with E-state index in [0.717, 1.165) is 38.9 Å². The van der Waals surface area contributed by atoms with Gasteiger partial charge in [-0.2, -0.15) is 0 Å². The van der Waals surface area contributed by atoms with E-state index in [1.54, 1.807) is 0 Å². The first-order valence-electron chi connectivity index (χ1n) is 5.11. The van der Waals surface area contributed by atoms with E-state index >= 15 is 0 Å². The molecule has 0 aromatic heterocycles. The second kappa shape index (κ2) is 3.39. The molecule has 74 valence electrons. The van der Waals surface area contributed by atoms with Crippen LogP contribution in [0, 0.1) is 11.3 Å². The quantitative estimate of drug-likeness (QED) is 0.701. The number of ketones is 1. The fraction of sp³-hybridized carbons (Fsp3) is 0.900. The van der Waals surface area contributed by atoms with Gasteiger partial charge in [-0.3, -0.25) is 4.79 Å². The minimum absolute atomic E-state index is 0.109. The number of ether oxygens (including phenoxy) is 1. The van der Waals surface area contributed by atoms with Crippen molar-refractivity contribution in [3.05, 3.63) is 0 Å². The number of carbonyl (C=O) groups is 1. The maximum absolute atomic E-state index is 12.0. The Kier molecular flexibility index (Phi) is 2.39. The molecule has 2 aliphatic rings. The van der Waals surface area contributed by atoms with Gasteiger partial charge in [0.25, 0.3) is 0 Å². The largest absolute Gasteiger partial charge is 0.381 e. The molecule has 0 unspecified atom stereocenters. The van der Waals surface area contributed by atoms with E-state index in [9.17, 15) is 4.79 Å². The normalized spacial score (nSPS) is 27.2. The third-order valence-electron chi connectivity index (χ3n) is 3.36. The van der Waals surface area contributed by atoms with E-state index in [0.29, 0.717) is 12.3 Å². The van der Waals surface area contributed by atoms with E-state index in [4.69, 9.17) is 10.5 Å². The fourth-order valence-electron chi connectivity index (χ4n) is 2.09. The van der Waals surface area contributed by atoms with Crippen LogP contribution in [0.1, 0.15) is 25.7 Å². The summed E-state index contributed by atoms with van der Waals surface area (Å²) < 4.78 is 5.23. The van der Waals surface area contributed by atoms with Gasteiger partial charge in [-0.25, -0.2) is 0 Å². The minimum atomic E-state index is -0.109. The van der Waals surface area contributed by atoms with E-state index in [1.165, 1.54) is 0 Å². The van der Waals surface area contributed by atoms with Crippen molar-refractivity contribution in [3.8, 4) is 0 Å². The zero-order valence-corrected chi connectivity index (χ0v) is 7.92. The van der Waals surface area contributed by atoms with Crippen LogP contribution in [0.5, 0.6) is 0 Å². The van der Waals surface area contributed by atoms with Gasteiger partial charge < -0.3 is 10.5 Å². The smallest absolute Gasteiger partial charge is 0.143 e. The monoisotopic (exact) mass is 183 g/mol. The van der Waals surface area contributed by atoms with Crippen LogP contribution in [0.3, 0.4) is 0 Å². The van der Waals surface area contributed by atoms with Crippen molar-refractivity contribution in [2.45, 2.75) is 25.7 Å². The molecule has 1 saturated heterocycles. The van der Waals surface area contributed by atoms with Gasteiger partial charge in [-0.15, -0.1) is 0 Å². The van der Waals surface area contributed by atoms with Gasteiger partial charge in [0.1, 0.15) is 5.78 Å². The average molecular weight is 183 g/mol. The number of Topliss-reactive ketones (excluding diaryl/α,β-unsaturated/α-hetero) is 1. The summed E-state index contributed by atoms with van der Waals surface area (Å²) in [5.74, 6) is 0.651. The zero-order valence-electron chi connectivity index (χ0n) is 7.92. The van der Waals surface area contributed by atoms with Crippen molar-refractivity contribution in [3.63, 3.8) is 0 Å². The molecule has 2 rings (SSSR count). The number of hydrogen-bond acceptors (Lipinski definition) is 3. The molecule has 1 saturated carbocycles. The molecule has 1 heterocycles. The van der Waals surface area contributed by atoms with Crippen molar-refractivity contribution in [1.82, 2.24) is 0 Å². The molecule has 0 aromatic rings. The van der Waals surface area contributed by atoms with E-state index < -0.39 is 0 Å². The summed E-state index contributed by atoms with van der Waals surface area (Å²) >= 11 is 0. The zero-order chi connectivity index (χ0) is 9.31. The lowest BCUT2D eigenvalue weighted by atomic mass is 9.85. The summed E-state index contributed by atoms with van der Waals surface area (Å²) in [5, 5.41) is 0. The fourth-order valence-corrected chi connectivity index (χ4v) is 2.09. The van der Waals surface area contributed by atoms with Crippen molar-refractivity contribution in [2.75, 3.05) is 19.8 Å². The molecular formula is C10H17NO2. The molecule has 0 bridgehead atoms. The van der Waals surface area contributed by atoms with Crippen LogP contribution >= 0.6 is 0 Å². The van der Waals surface area contributed by atoms with Crippen molar-refractivity contribution < 1.29 is 9.53 Å². The van der Waals surface area contributed by atoms with Crippen molar-refractivity contribution in [1.29, 1.82) is 0 Å². The molecule has 13 heavy (non-hydrogen) atoms. The summed E-state index contributed by atoms with van der Waals surface area (Å²) in [6, 6.07) is 0. The lowest BCUT2D eigenvalue weighted by Gasteiger charge is -2.24. The molecule has 3 nitrogen and oxygen atoms in total. The van der Waals surface area contributed by atoms with Gasteiger partial charge in [0.15, 0.2) is 0 Å². The predicted molar refractivity (Wildman–Crippen MR) is 49.3 cm³/mol. The standard InChI is InChI=1S/C10H17NO2/c11-7-10(3-4-10)9(12)8-1-5-13-6-2-8/h8H,1-7,11H2. The highest BCUT2D eigenvalue weighted by atomic mass is 16.5. The molecule has 0 aromatic carbocycles. The lowest BCUT2D eigenvalue weighted by Crippen LogP contribution is -2.34. The number of rotatable bonds is 3. The van der Waals surface area contributed by atoms with Gasteiger partial charge in [-0.1, -0.05) is 0 Å². The Hall–Kier alpha value is -0.410. The van der Waals surface area contributed by atoms with Crippen LogP contribution < -0.4 is 5.73 Å². The highest BCUT2D eigenvalue weighted by Gasteiger charge is 2.50. The first-order chi connectivity index (χ1) is 6.28. The average Bonchev–Trinajstić information content (AvgIpc) is 2.99. The van der Waals surface area contributed by atoms with Crippen molar-refractivity contribution >= 4 is 5.78 Å². The van der Waals surface area contributed by atoms with E-state index in [2.05, 4.69) is 0 Å². The van der Waals surface area contributed by atoms with Crippen LogP contribution in [-0.4, -0.2) is 25.5 Å². The van der Waals surface area contributed by atoms with E-state index in [-0.39, 0.29) is 11.3 Å². The van der Waals surface area contributed by atoms with Gasteiger partial charge >= 0.3 is 0 Å².